The van der Waals surface area contributed by atoms with Crippen LogP contribution >= 0.6 is 0 Å². The first-order valence-corrected chi connectivity index (χ1v) is 6.42. The lowest BCUT2D eigenvalue weighted by atomic mass is 9.87. The van der Waals surface area contributed by atoms with E-state index < -0.39 is 50.1 Å². The fourth-order valence-corrected chi connectivity index (χ4v) is 2.02. The number of nitro benzene ring substituents is 2. The molecule has 1 radical (unpaired) electrons. The molecule has 0 N–H and O–H groups in total. The van der Waals surface area contributed by atoms with Crippen LogP contribution in [0, 0.1) is 27.2 Å². The van der Waals surface area contributed by atoms with Crippen molar-refractivity contribution in [2.75, 3.05) is 0 Å². The number of hydrogen-bond acceptors (Lipinski definition) is 4. The number of halogens is 4. The summed E-state index contributed by atoms with van der Waals surface area (Å²) in [4.78, 5) is 19.5. The van der Waals surface area contributed by atoms with Crippen molar-refractivity contribution in [2.24, 2.45) is 0 Å². The molecule has 23 heavy (non-hydrogen) atoms. The number of hydrogen-bond donors (Lipinski definition) is 0. The first kappa shape index (κ1) is 18.8. The molecular formula is C13H13F4N2O4. The van der Waals surface area contributed by atoms with Crippen LogP contribution in [0.2, 0.25) is 0 Å². The Balaban J connectivity index is 3.91. The molecule has 1 unspecified atom stereocenters. The standard InChI is InChI=1S/C13H13F4N2O4/c1-4-7(2)9-5-8(18(20)21)6-10(19(22)23)11(9)13(16,17)12(3,14)15/h5-7H,3-4H2,1-2H3. The van der Waals surface area contributed by atoms with Gasteiger partial charge < -0.3 is 0 Å². The summed E-state index contributed by atoms with van der Waals surface area (Å²) in [5.74, 6) is -10.6. The number of nitrogens with zero attached hydrogens (tertiary/aromatic N) is 2. The minimum Gasteiger partial charge on any atom is -0.258 e. The maximum atomic E-state index is 14.1. The van der Waals surface area contributed by atoms with Crippen molar-refractivity contribution in [1.29, 1.82) is 0 Å². The zero-order chi connectivity index (χ0) is 18.2. The van der Waals surface area contributed by atoms with Gasteiger partial charge in [-0.1, -0.05) is 13.8 Å². The highest BCUT2D eigenvalue weighted by atomic mass is 19.3. The Bertz CT molecular complexity index is 644. The number of rotatable bonds is 6. The average Bonchev–Trinajstić information content (AvgIpc) is 2.43. The molecule has 6 nitrogen and oxygen atoms in total. The number of nitro groups is 2. The van der Waals surface area contributed by atoms with Crippen LogP contribution in [0.5, 0.6) is 0 Å². The number of non-ortho nitro benzene ring substituents is 1. The zero-order valence-electron chi connectivity index (χ0n) is 12.2. The van der Waals surface area contributed by atoms with Crippen molar-refractivity contribution in [3.8, 4) is 0 Å². The predicted molar refractivity (Wildman–Crippen MR) is 72.7 cm³/mol. The maximum absolute atomic E-state index is 14.1. The van der Waals surface area contributed by atoms with Crippen molar-refractivity contribution in [1.82, 2.24) is 0 Å². The molecule has 0 amide bonds. The molecule has 0 spiro atoms. The lowest BCUT2D eigenvalue weighted by Crippen LogP contribution is -2.37. The third-order valence-electron chi connectivity index (χ3n) is 3.46. The average molecular weight is 337 g/mol. The van der Waals surface area contributed by atoms with Crippen molar-refractivity contribution in [3.63, 3.8) is 0 Å². The van der Waals surface area contributed by atoms with Gasteiger partial charge in [-0.2, -0.15) is 17.6 Å². The van der Waals surface area contributed by atoms with Gasteiger partial charge in [-0.3, -0.25) is 20.2 Å². The molecule has 1 atom stereocenters. The van der Waals surface area contributed by atoms with Crippen LogP contribution in [0.15, 0.2) is 12.1 Å². The second-order valence-electron chi connectivity index (χ2n) is 5.03. The van der Waals surface area contributed by atoms with Gasteiger partial charge in [-0.15, -0.1) is 0 Å². The Morgan fingerprint density at radius 1 is 1.17 bits per heavy atom. The summed E-state index contributed by atoms with van der Waals surface area (Å²) in [6.07, 6.45) is 0.157. The molecule has 0 saturated heterocycles. The van der Waals surface area contributed by atoms with Gasteiger partial charge in [-0.05, 0) is 17.9 Å². The van der Waals surface area contributed by atoms with E-state index in [2.05, 4.69) is 6.92 Å². The largest absolute Gasteiger partial charge is 0.342 e. The molecule has 0 heterocycles. The van der Waals surface area contributed by atoms with E-state index in [1.165, 1.54) is 13.8 Å². The molecule has 1 aromatic rings. The Morgan fingerprint density at radius 2 is 1.70 bits per heavy atom. The van der Waals surface area contributed by atoms with Crippen molar-refractivity contribution >= 4 is 11.4 Å². The maximum Gasteiger partial charge on any atom is 0.342 e. The number of alkyl halides is 4. The van der Waals surface area contributed by atoms with Gasteiger partial charge in [0.1, 0.15) is 5.56 Å². The van der Waals surface area contributed by atoms with Crippen molar-refractivity contribution in [3.05, 3.63) is 50.4 Å². The molecule has 0 aromatic heterocycles. The zero-order valence-corrected chi connectivity index (χ0v) is 12.2. The molecule has 127 valence electrons. The van der Waals surface area contributed by atoms with Crippen molar-refractivity contribution < 1.29 is 27.4 Å². The van der Waals surface area contributed by atoms with Crippen LogP contribution in [0.3, 0.4) is 0 Å². The van der Waals surface area contributed by atoms with Gasteiger partial charge in [0, 0.05) is 13.0 Å². The van der Waals surface area contributed by atoms with Crippen LogP contribution < -0.4 is 0 Å². The Morgan fingerprint density at radius 3 is 2.04 bits per heavy atom. The molecule has 0 bridgehead atoms. The first-order valence-electron chi connectivity index (χ1n) is 6.42. The van der Waals surface area contributed by atoms with Gasteiger partial charge in [0.15, 0.2) is 0 Å². The molecule has 1 aromatic carbocycles. The predicted octanol–water partition coefficient (Wildman–Crippen LogP) is 4.58. The third kappa shape index (κ3) is 3.40. The minimum absolute atomic E-state index is 0.157. The Kier molecular flexibility index (Phi) is 4.97. The van der Waals surface area contributed by atoms with Crippen molar-refractivity contribution in [2.45, 2.75) is 38.0 Å². The molecule has 10 heteroatoms. The summed E-state index contributed by atoms with van der Waals surface area (Å²) in [6, 6.07) is 0.914. The molecule has 1 rings (SSSR count). The lowest BCUT2D eigenvalue weighted by Gasteiger charge is -2.26. The monoisotopic (exact) mass is 337 g/mol. The van der Waals surface area contributed by atoms with Gasteiger partial charge in [0.2, 0.25) is 0 Å². The first-order chi connectivity index (χ1) is 10.3. The molecule has 0 aliphatic rings. The lowest BCUT2D eigenvalue weighted by molar-refractivity contribution is -0.396. The summed E-state index contributed by atoms with van der Waals surface area (Å²) < 4.78 is 54.6. The van der Waals surface area contributed by atoms with E-state index in [4.69, 9.17) is 0 Å². The van der Waals surface area contributed by atoms with Crippen LogP contribution in [-0.2, 0) is 5.92 Å². The van der Waals surface area contributed by atoms with Gasteiger partial charge >= 0.3 is 11.8 Å². The highest BCUT2D eigenvalue weighted by Gasteiger charge is 2.58. The van der Waals surface area contributed by atoms with Gasteiger partial charge in [-0.25, -0.2) is 0 Å². The van der Waals surface area contributed by atoms with E-state index in [-0.39, 0.29) is 12.5 Å². The summed E-state index contributed by atoms with van der Waals surface area (Å²) in [5, 5.41) is 21.8. The number of benzene rings is 1. The van der Waals surface area contributed by atoms with Crippen LogP contribution in [0.1, 0.15) is 37.3 Å². The third-order valence-corrected chi connectivity index (χ3v) is 3.46. The summed E-state index contributed by atoms with van der Waals surface area (Å²) in [6.45, 7) is 4.94. The second-order valence-corrected chi connectivity index (χ2v) is 5.03. The van der Waals surface area contributed by atoms with Crippen LogP contribution in [0.25, 0.3) is 0 Å². The van der Waals surface area contributed by atoms with Crippen LogP contribution in [0.4, 0.5) is 28.9 Å². The molecule has 0 fully saturated rings. The fraction of sp³-hybridized carbons (Fsp3) is 0.462. The molecule has 0 aliphatic carbocycles. The summed E-state index contributed by atoms with van der Waals surface area (Å²) in [5.41, 5.74) is -4.36. The van der Waals surface area contributed by atoms with E-state index in [1.807, 2.05) is 0 Å². The topological polar surface area (TPSA) is 86.3 Å². The molecule has 0 saturated carbocycles. The smallest absolute Gasteiger partial charge is 0.258 e. The summed E-state index contributed by atoms with van der Waals surface area (Å²) in [7, 11) is 0. The molecule has 0 aliphatic heterocycles. The molecular weight excluding hydrogens is 324 g/mol. The van der Waals surface area contributed by atoms with Gasteiger partial charge in [0.05, 0.1) is 15.9 Å². The second kappa shape index (κ2) is 6.09. The van der Waals surface area contributed by atoms with E-state index in [9.17, 15) is 37.8 Å². The van der Waals surface area contributed by atoms with E-state index >= 15 is 0 Å². The van der Waals surface area contributed by atoms with Gasteiger partial charge in [0.25, 0.3) is 11.4 Å². The normalized spacial score (nSPS) is 13.7. The highest BCUT2D eigenvalue weighted by Crippen LogP contribution is 2.50. The summed E-state index contributed by atoms with van der Waals surface area (Å²) >= 11 is 0. The minimum atomic E-state index is -4.96. The quantitative estimate of drug-likeness (QED) is 0.432. The Hall–Kier alpha value is -2.26. The Labute approximate surface area is 128 Å². The van der Waals surface area contributed by atoms with E-state index in [1.54, 1.807) is 0 Å². The van der Waals surface area contributed by atoms with E-state index in [0.717, 1.165) is 0 Å². The highest BCUT2D eigenvalue weighted by molar-refractivity contribution is 5.57. The van der Waals surface area contributed by atoms with Crippen LogP contribution in [-0.4, -0.2) is 15.8 Å². The van der Waals surface area contributed by atoms with E-state index in [0.29, 0.717) is 6.07 Å². The SMILES string of the molecule is [CH2]C(F)(F)C(F)(F)c1c(C(C)CC)cc([N+](=O)[O-])cc1[N+](=O)[O-]. The fourth-order valence-electron chi connectivity index (χ4n) is 2.02.